The standard InChI is InChI=1S/C21H31N3O5S/c1-12(2)21(8,11-22)23-18(25)10-29-20(26)17(7)24-30(27,28)19-15(5)13(3)9-14(4)16(19)6/h9,12,17,24H,10H2,1-8H3,(H,23,25)/t17-,21-/m0/s1. The molecule has 1 amide bonds. The highest BCUT2D eigenvalue weighted by atomic mass is 32.2. The van der Waals surface area contributed by atoms with Crippen LogP contribution in [0.4, 0.5) is 0 Å². The molecule has 0 radical (unpaired) electrons. The first kappa shape index (κ1) is 25.6. The lowest BCUT2D eigenvalue weighted by Crippen LogP contribution is -2.50. The quantitative estimate of drug-likeness (QED) is 0.601. The lowest BCUT2D eigenvalue weighted by atomic mass is 9.90. The molecule has 0 saturated heterocycles. The fourth-order valence-corrected chi connectivity index (χ4v) is 4.62. The minimum absolute atomic E-state index is 0.138. The van der Waals surface area contributed by atoms with Gasteiger partial charge < -0.3 is 10.1 Å². The molecule has 1 rings (SSSR count). The third-order valence-corrected chi connectivity index (χ3v) is 7.20. The number of amides is 1. The van der Waals surface area contributed by atoms with Crippen molar-refractivity contribution in [2.75, 3.05) is 6.61 Å². The van der Waals surface area contributed by atoms with Gasteiger partial charge in [0.1, 0.15) is 11.6 Å². The second-order valence-corrected chi connectivity index (χ2v) is 9.71. The predicted molar refractivity (Wildman–Crippen MR) is 113 cm³/mol. The molecule has 0 spiro atoms. The second kappa shape index (κ2) is 9.58. The molecule has 0 bridgehead atoms. The van der Waals surface area contributed by atoms with Gasteiger partial charge in [0.15, 0.2) is 6.61 Å². The van der Waals surface area contributed by atoms with E-state index in [1.165, 1.54) is 6.92 Å². The maximum absolute atomic E-state index is 12.9. The first-order chi connectivity index (χ1) is 13.7. The summed E-state index contributed by atoms with van der Waals surface area (Å²) in [6.45, 7) is 12.9. The highest BCUT2D eigenvalue weighted by Gasteiger charge is 2.31. The van der Waals surface area contributed by atoms with Crippen molar-refractivity contribution in [1.82, 2.24) is 10.0 Å². The Morgan fingerprint density at radius 3 is 2.07 bits per heavy atom. The minimum Gasteiger partial charge on any atom is -0.454 e. The van der Waals surface area contributed by atoms with Gasteiger partial charge in [0.25, 0.3) is 5.91 Å². The van der Waals surface area contributed by atoms with E-state index >= 15 is 0 Å². The number of carbonyl (C=O) groups excluding carboxylic acids is 2. The SMILES string of the molecule is Cc1cc(C)c(C)c(S(=O)(=O)N[C@@H](C)C(=O)OCC(=O)N[C@@](C)(C#N)C(C)C)c1C. The van der Waals surface area contributed by atoms with Gasteiger partial charge in [-0.2, -0.15) is 9.98 Å². The van der Waals surface area contributed by atoms with Gasteiger partial charge in [0.05, 0.1) is 11.0 Å². The van der Waals surface area contributed by atoms with E-state index in [4.69, 9.17) is 4.74 Å². The zero-order valence-corrected chi connectivity index (χ0v) is 19.7. The molecule has 0 aliphatic carbocycles. The van der Waals surface area contributed by atoms with Gasteiger partial charge in [-0.25, -0.2) is 8.42 Å². The number of ether oxygens (including phenoxy) is 1. The van der Waals surface area contributed by atoms with Crippen molar-refractivity contribution >= 4 is 21.9 Å². The van der Waals surface area contributed by atoms with Gasteiger partial charge in [-0.05, 0) is 69.7 Å². The smallest absolute Gasteiger partial charge is 0.324 e. The van der Waals surface area contributed by atoms with Gasteiger partial charge in [-0.15, -0.1) is 0 Å². The molecule has 166 valence electrons. The number of rotatable bonds is 8. The number of benzene rings is 1. The van der Waals surface area contributed by atoms with Crippen LogP contribution in [-0.2, 0) is 24.3 Å². The second-order valence-electron chi connectivity index (χ2n) is 8.06. The lowest BCUT2D eigenvalue weighted by molar-refractivity contribution is -0.150. The summed E-state index contributed by atoms with van der Waals surface area (Å²) in [5.41, 5.74) is 1.77. The molecule has 1 aromatic carbocycles. The zero-order valence-electron chi connectivity index (χ0n) is 18.8. The van der Waals surface area contributed by atoms with Crippen LogP contribution in [0, 0.1) is 44.9 Å². The molecule has 0 saturated carbocycles. The summed E-state index contributed by atoms with van der Waals surface area (Å²) < 4.78 is 33.1. The van der Waals surface area contributed by atoms with Crippen LogP contribution in [0.1, 0.15) is 49.9 Å². The van der Waals surface area contributed by atoms with E-state index in [0.29, 0.717) is 11.1 Å². The van der Waals surface area contributed by atoms with Crippen molar-refractivity contribution in [1.29, 1.82) is 5.26 Å². The molecule has 0 fully saturated rings. The van der Waals surface area contributed by atoms with E-state index in [0.717, 1.165) is 11.1 Å². The number of nitrogens with one attached hydrogen (secondary N) is 2. The number of nitrogens with zero attached hydrogens (tertiary/aromatic N) is 1. The summed E-state index contributed by atoms with van der Waals surface area (Å²) in [6.07, 6.45) is 0. The van der Waals surface area contributed by atoms with Gasteiger partial charge in [-0.1, -0.05) is 19.9 Å². The van der Waals surface area contributed by atoms with Crippen LogP contribution < -0.4 is 10.0 Å². The molecule has 8 nitrogen and oxygen atoms in total. The summed E-state index contributed by atoms with van der Waals surface area (Å²) in [4.78, 5) is 24.4. The Bertz CT molecular complexity index is 953. The lowest BCUT2D eigenvalue weighted by Gasteiger charge is -2.27. The molecule has 2 N–H and O–H groups in total. The maximum atomic E-state index is 12.9. The van der Waals surface area contributed by atoms with Crippen LogP contribution in [0.2, 0.25) is 0 Å². The van der Waals surface area contributed by atoms with Crippen molar-refractivity contribution in [2.24, 2.45) is 5.92 Å². The molecule has 0 unspecified atom stereocenters. The Morgan fingerprint density at radius 1 is 1.13 bits per heavy atom. The molecule has 30 heavy (non-hydrogen) atoms. The number of nitriles is 1. The highest BCUT2D eigenvalue weighted by Crippen LogP contribution is 2.26. The van der Waals surface area contributed by atoms with Gasteiger partial charge in [-0.3, -0.25) is 9.59 Å². The Kier molecular flexibility index (Phi) is 8.17. The van der Waals surface area contributed by atoms with Crippen LogP contribution in [0.15, 0.2) is 11.0 Å². The van der Waals surface area contributed by atoms with Crippen LogP contribution in [-0.4, -0.2) is 38.5 Å². The van der Waals surface area contributed by atoms with Crippen LogP contribution in [0.25, 0.3) is 0 Å². The topological polar surface area (TPSA) is 125 Å². The molecule has 0 aliphatic heterocycles. The largest absolute Gasteiger partial charge is 0.454 e. The average molecular weight is 438 g/mol. The van der Waals surface area contributed by atoms with E-state index < -0.39 is 40.1 Å². The van der Waals surface area contributed by atoms with Gasteiger partial charge in [0.2, 0.25) is 10.0 Å². The number of esters is 1. The minimum atomic E-state index is -3.99. The number of hydrogen-bond donors (Lipinski definition) is 2. The Morgan fingerprint density at radius 2 is 1.63 bits per heavy atom. The maximum Gasteiger partial charge on any atom is 0.324 e. The highest BCUT2D eigenvalue weighted by molar-refractivity contribution is 7.89. The number of sulfonamides is 1. The number of hydrogen-bond acceptors (Lipinski definition) is 6. The summed E-state index contributed by atoms with van der Waals surface area (Å²) in [6, 6.07) is 2.73. The Hall–Kier alpha value is -2.44. The average Bonchev–Trinajstić information content (AvgIpc) is 2.63. The molecule has 0 heterocycles. The number of carbonyl (C=O) groups is 2. The number of aryl methyl sites for hydroxylation is 2. The summed E-state index contributed by atoms with van der Waals surface area (Å²) in [7, 11) is -3.99. The molecule has 1 aromatic rings. The summed E-state index contributed by atoms with van der Waals surface area (Å²) in [5, 5.41) is 11.8. The third kappa shape index (κ3) is 5.80. The van der Waals surface area contributed by atoms with Crippen LogP contribution >= 0.6 is 0 Å². The monoisotopic (exact) mass is 437 g/mol. The van der Waals surface area contributed by atoms with Crippen LogP contribution in [0.3, 0.4) is 0 Å². The van der Waals surface area contributed by atoms with Crippen molar-refractivity contribution < 1.29 is 22.7 Å². The molecule has 9 heteroatoms. The first-order valence-electron chi connectivity index (χ1n) is 9.65. The molecule has 0 aliphatic rings. The van der Waals surface area contributed by atoms with Crippen molar-refractivity contribution in [2.45, 2.75) is 71.9 Å². The fourth-order valence-electron chi connectivity index (χ4n) is 2.81. The van der Waals surface area contributed by atoms with E-state index in [1.54, 1.807) is 34.6 Å². The molecular formula is C21H31N3O5S. The normalized spacial score (nSPS) is 14.5. The van der Waals surface area contributed by atoms with Crippen LogP contribution in [0.5, 0.6) is 0 Å². The molecule has 0 aromatic heterocycles. The van der Waals surface area contributed by atoms with E-state index in [-0.39, 0.29) is 10.8 Å². The Labute approximate surface area is 179 Å². The van der Waals surface area contributed by atoms with Gasteiger partial charge >= 0.3 is 5.97 Å². The molecular weight excluding hydrogens is 406 g/mol. The first-order valence-corrected chi connectivity index (χ1v) is 11.1. The third-order valence-electron chi connectivity index (χ3n) is 5.38. The van der Waals surface area contributed by atoms with Crippen molar-refractivity contribution in [3.05, 3.63) is 28.3 Å². The van der Waals surface area contributed by atoms with Gasteiger partial charge in [0, 0.05) is 0 Å². The zero-order chi connectivity index (χ0) is 23.4. The molecule has 2 atom stereocenters. The Balaban J connectivity index is 2.87. The van der Waals surface area contributed by atoms with Crippen molar-refractivity contribution in [3.8, 4) is 6.07 Å². The van der Waals surface area contributed by atoms with Crippen molar-refractivity contribution in [3.63, 3.8) is 0 Å². The fraction of sp³-hybridized carbons (Fsp3) is 0.571. The van der Waals surface area contributed by atoms with E-state index in [9.17, 15) is 23.3 Å². The summed E-state index contributed by atoms with van der Waals surface area (Å²) >= 11 is 0. The van der Waals surface area contributed by atoms with E-state index in [1.807, 2.05) is 26.0 Å². The van der Waals surface area contributed by atoms with E-state index in [2.05, 4.69) is 10.0 Å². The predicted octanol–water partition coefficient (Wildman–Crippen LogP) is 2.18. The summed E-state index contributed by atoms with van der Waals surface area (Å²) in [5.74, 6) is -1.69.